The zero-order valence-corrected chi connectivity index (χ0v) is 33.2. The Morgan fingerprint density at radius 3 is 1.59 bits per heavy atom. The molecular weight excluding hydrogens is 713 g/mol. The second-order valence-electron chi connectivity index (χ2n) is 16.1. The standard InChI is InChI=1S/C57H42N2/c1-57(2)51-25-13-9-22-46(51)47-35-34-44(38-52(47)57)58(43-32-29-40(30-33-43)39-17-5-3-6-18-39)56-36-31-42(37-50(56)41-19-7-4-8-20-41)45-21-10-14-26-53(45)59-54-27-15-11-23-48(54)49-24-12-16-28-55(49)59/h3-38H,1-2H3. The molecule has 0 unspecified atom stereocenters. The fraction of sp³-hybridized carbons (Fsp3) is 0.0526. The Balaban J connectivity index is 1.13. The van der Waals surface area contributed by atoms with Crippen LogP contribution in [0.25, 0.3) is 72.0 Å². The van der Waals surface area contributed by atoms with Crippen LogP contribution in [0.5, 0.6) is 0 Å². The van der Waals surface area contributed by atoms with Gasteiger partial charge < -0.3 is 9.47 Å². The molecule has 0 amide bonds. The molecule has 280 valence electrons. The van der Waals surface area contributed by atoms with Gasteiger partial charge in [0.15, 0.2) is 0 Å². The number of fused-ring (bicyclic) bond motifs is 6. The van der Waals surface area contributed by atoms with Gasteiger partial charge in [-0.2, -0.15) is 0 Å². The average Bonchev–Trinajstić information content (AvgIpc) is 3.75. The maximum absolute atomic E-state index is 2.46. The highest BCUT2D eigenvalue weighted by molar-refractivity contribution is 6.10. The van der Waals surface area contributed by atoms with Crippen LogP contribution in [-0.2, 0) is 5.41 Å². The lowest BCUT2D eigenvalue weighted by atomic mass is 9.82. The lowest BCUT2D eigenvalue weighted by molar-refractivity contribution is 0.660. The van der Waals surface area contributed by atoms with E-state index in [9.17, 15) is 0 Å². The maximum atomic E-state index is 2.46. The van der Waals surface area contributed by atoms with Gasteiger partial charge in [-0.25, -0.2) is 0 Å². The summed E-state index contributed by atoms with van der Waals surface area (Å²) in [6.45, 7) is 4.72. The van der Waals surface area contributed by atoms with Gasteiger partial charge >= 0.3 is 0 Å². The van der Waals surface area contributed by atoms with E-state index in [1.54, 1.807) is 0 Å². The molecule has 0 atom stereocenters. The summed E-state index contributed by atoms with van der Waals surface area (Å²) in [5.74, 6) is 0. The Morgan fingerprint density at radius 2 is 0.881 bits per heavy atom. The summed E-state index contributed by atoms with van der Waals surface area (Å²) in [5, 5.41) is 2.51. The minimum atomic E-state index is -0.132. The molecule has 0 fully saturated rings. The number of hydrogen-bond donors (Lipinski definition) is 0. The van der Waals surface area contributed by atoms with Crippen molar-refractivity contribution in [2.24, 2.45) is 0 Å². The normalized spacial score (nSPS) is 12.7. The lowest BCUT2D eigenvalue weighted by Crippen LogP contribution is -2.17. The number of nitrogens with zero attached hydrogens (tertiary/aromatic N) is 2. The molecule has 10 aromatic rings. The third kappa shape index (κ3) is 5.71. The van der Waals surface area contributed by atoms with Gasteiger partial charge in [0.2, 0.25) is 0 Å². The Bertz CT molecular complexity index is 3120. The average molecular weight is 755 g/mol. The molecule has 0 N–H and O–H groups in total. The fourth-order valence-electron chi connectivity index (χ4n) is 9.53. The predicted octanol–water partition coefficient (Wildman–Crippen LogP) is 15.6. The van der Waals surface area contributed by atoms with Gasteiger partial charge in [-0.1, -0.05) is 178 Å². The van der Waals surface area contributed by atoms with Gasteiger partial charge in [-0.15, -0.1) is 0 Å². The summed E-state index contributed by atoms with van der Waals surface area (Å²) in [6, 6.07) is 79.9. The van der Waals surface area contributed by atoms with Crippen molar-refractivity contribution in [1.82, 2.24) is 4.57 Å². The molecule has 0 radical (unpaired) electrons. The van der Waals surface area contributed by atoms with E-state index in [4.69, 9.17) is 0 Å². The van der Waals surface area contributed by atoms with Crippen LogP contribution >= 0.6 is 0 Å². The van der Waals surface area contributed by atoms with Crippen molar-refractivity contribution in [1.29, 1.82) is 0 Å². The van der Waals surface area contributed by atoms with Gasteiger partial charge in [0.05, 0.1) is 22.4 Å². The number of hydrogen-bond acceptors (Lipinski definition) is 1. The third-order valence-corrected chi connectivity index (χ3v) is 12.4. The predicted molar refractivity (Wildman–Crippen MR) is 249 cm³/mol. The van der Waals surface area contributed by atoms with E-state index >= 15 is 0 Å². The van der Waals surface area contributed by atoms with Crippen LogP contribution < -0.4 is 4.90 Å². The second kappa shape index (κ2) is 13.9. The number of aromatic nitrogens is 1. The van der Waals surface area contributed by atoms with Gasteiger partial charge in [0.25, 0.3) is 0 Å². The van der Waals surface area contributed by atoms with Crippen molar-refractivity contribution in [2.45, 2.75) is 19.3 Å². The van der Waals surface area contributed by atoms with E-state index in [1.807, 2.05) is 0 Å². The summed E-state index contributed by atoms with van der Waals surface area (Å²) in [7, 11) is 0. The number of benzene rings is 9. The molecule has 0 bridgehead atoms. The van der Waals surface area contributed by atoms with E-state index in [0.717, 1.165) is 33.9 Å². The summed E-state index contributed by atoms with van der Waals surface area (Å²) >= 11 is 0. The van der Waals surface area contributed by atoms with Crippen LogP contribution in [0.4, 0.5) is 17.1 Å². The largest absolute Gasteiger partial charge is 0.310 e. The molecule has 0 saturated heterocycles. The Labute approximate surface area is 345 Å². The van der Waals surface area contributed by atoms with Crippen molar-refractivity contribution in [3.05, 3.63) is 230 Å². The number of para-hydroxylation sites is 3. The summed E-state index contributed by atoms with van der Waals surface area (Å²) < 4.78 is 2.43. The van der Waals surface area contributed by atoms with E-state index in [2.05, 4.69) is 242 Å². The molecule has 1 aliphatic rings. The van der Waals surface area contributed by atoms with Gasteiger partial charge in [0, 0.05) is 38.7 Å². The molecule has 1 aliphatic carbocycles. The van der Waals surface area contributed by atoms with Crippen molar-refractivity contribution < 1.29 is 0 Å². The van der Waals surface area contributed by atoms with Crippen LogP contribution in [0.1, 0.15) is 25.0 Å². The van der Waals surface area contributed by atoms with E-state index < -0.39 is 0 Å². The maximum Gasteiger partial charge on any atom is 0.0541 e. The first-order chi connectivity index (χ1) is 29.0. The number of rotatable bonds is 7. The van der Waals surface area contributed by atoms with Crippen LogP contribution in [0.2, 0.25) is 0 Å². The van der Waals surface area contributed by atoms with Crippen LogP contribution in [0.3, 0.4) is 0 Å². The molecule has 9 aromatic carbocycles. The summed E-state index contributed by atoms with van der Waals surface area (Å²) in [4.78, 5) is 2.46. The minimum Gasteiger partial charge on any atom is -0.310 e. The summed E-state index contributed by atoms with van der Waals surface area (Å²) in [5.41, 5.74) is 19.2. The molecular formula is C57H42N2. The lowest BCUT2D eigenvalue weighted by Gasteiger charge is -2.30. The highest BCUT2D eigenvalue weighted by Gasteiger charge is 2.36. The van der Waals surface area contributed by atoms with Crippen LogP contribution in [-0.4, -0.2) is 4.57 Å². The Morgan fingerprint density at radius 1 is 0.356 bits per heavy atom. The highest BCUT2D eigenvalue weighted by Crippen LogP contribution is 2.51. The first kappa shape index (κ1) is 34.8. The second-order valence-corrected chi connectivity index (χ2v) is 16.1. The van der Waals surface area contributed by atoms with Crippen LogP contribution in [0.15, 0.2) is 218 Å². The molecule has 0 aliphatic heterocycles. The fourth-order valence-corrected chi connectivity index (χ4v) is 9.53. The smallest absolute Gasteiger partial charge is 0.0541 e. The number of anilines is 3. The molecule has 0 spiro atoms. The van der Waals surface area contributed by atoms with Crippen molar-refractivity contribution in [3.8, 4) is 50.2 Å². The first-order valence-corrected chi connectivity index (χ1v) is 20.5. The zero-order valence-electron chi connectivity index (χ0n) is 33.2. The monoisotopic (exact) mass is 754 g/mol. The van der Waals surface area contributed by atoms with Crippen molar-refractivity contribution in [2.75, 3.05) is 4.90 Å². The van der Waals surface area contributed by atoms with E-state index in [-0.39, 0.29) is 5.41 Å². The molecule has 2 nitrogen and oxygen atoms in total. The van der Waals surface area contributed by atoms with E-state index in [1.165, 1.54) is 66.3 Å². The van der Waals surface area contributed by atoms with Gasteiger partial charge in [-0.3, -0.25) is 0 Å². The third-order valence-electron chi connectivity index (χ3n) is 12.4. The zero-order chi connectivity index (χ0) is 39.5. The summed E-state index contributed by atoms with van der Waals surface area (Å²) in [6.07, 6.45) is 0. The molecule has 11 rings (SSSR count). The molecule has 2 heteroatoms. The minimum absolute atomic E-state index is 0.132. The molecule has 1 aromatic heterocycles. The quantitative estimate of drug-likeness (QED) is 0.157. The first-order valence-electron chi connectivity index (χ1n) is 20.5. The SMILES string of the molecule is CC1(C)c2ccccc2-c2ccc(N(c3ccc(-c4ccccc4)cc3)c3ccc(-c4ccccc4-n4c5ccccc5c5ccccc54)cc3-c3ccccc3)cc21. The Hall–Kier alpha value is -7.42. The van der Waals surface area contributed by atoms with Gasteiger partial charge in [0.1, 0.15) is 0 Å². The van der Waals surface area contributed by atoms with Crippen molar-refractivity contribution >= 4 is 38.9 Å². The topological polar surface area (TPSA) is 8.17 Å². The highest BCUT2D eigenvalue weighted by atomic mass is 15.1. The van der Waals surface area contributed by atoms with Crippen LogP contribution in [0, 0.1) is 0 Å². The van der Waals surface area contributed by atoms with E-state index in [0.29, 0.717) is 0 Å². The molecule has 1 heterocycles. The molecule has 0 saturated carbocycles. The molecule has 59 heavy (non-hydrogen) atoms. The van der Waals surface area contributed by atoms with Gasteiger partial charge in [-0.05, 0) is 99.1 Å². The Kier molecular flexibility index (Phi) is 8.20. The van der Waals surface area contributed by atoms with Crippen molar-refractivity contribution in [3.63, 3.8) is 0 Å².